The molecule has 3 nitrogen and oxygen atoms in total. The molecule has 2 fully saturated rings. The van der Waals surface area contributed by atoms with E-state index < -0.39 is 64.7 Å². The largest absolute Gasteiger partial charge is 0.387 e. The van der Waals surface area contributed by atoms with Crippen molar-refractivity contribution in [2.45, 2.75) is 63.6 Å². The minimum atomic E-state index is -2.22. The van der Waals surface area contributed by atoms with Crippen molar-refractivity contribution < 1.29 is 36.5 Å². The first-order valence-corrected chi connectivity index (χ1v) is 8.05. The number of aliphatic hydroxyl groups is 1. The molecule has 3 rings (SSSR count). The molecule has 0 aromatic heterocycles. The second-order valence-corrected chi connectivity index (χ2v) is 7.25. The molecule has 0 radical (unpaired) electrons. The van der Waals surface area contributed by atoms with Crippen molar-refractivity contribution in [3.8, 4) is 0 Å². The molecule has 0 saturated carbocycles. The van der Waals surface area contributed by atoms with Gasteiger partial charge >= 0.3 is 0 Å². The molecule has 4 atom stereocenters. The highest BCUT2D eigenvalue weighted by Crippen LogP contribution is 2.55. The summed E-state index contributed by atoms with van der Waals surface area (Å²) < 4.78 is 78.6. The van der Waals surface area contributed by atoms with E-state index in [4.69, 9.17) is 9.47 Å². The molecule has 25 heavy (non-hydrogen) atoms. The number of hydrogen-bond donors (Lipinski definition) is 1. The van der Waals surface area contributed by atoms with Crippen LogP contribution in [-0.2, 0) is 16.1 Å². The Morgan fingerprint density at radius 1 is 1.04 bits per heavy atom. The van der Waals surface area contributed by atoms with E-state index in [0.29, 0.717) is 12.8 Å². The summed E-state index contributed by atoms with van der Waals surface area (Å²) in [7, 11) is 0. The van der Waals surface area contributed by atoms with Crippen molar-refractivity contribution in [2.24, 2.45) is 5.92 Å². The minimum Gasteiger partial charge on any atom is -0.387 e. The van der Waals surface area contributed by atoms with Gasteiger partial charge in [0.05, 0.1) is 23.4 Å². The van der Waals surface area contributed by atoms with E-state index in [1.165, 1.54) is 0 Å². The Hall–Kier alpha value is -1.25. The Morgan fingerprint density at radius 3 is 2.04 bits per heavy atom. The maximum absolute atomic E-state index is 13.8. The normalized spacial score (nSPS) is 34.3. The summed E-state index contributed by atoms with van der Waals surface area (Å²) in [5.41, 5.74) is -2.78. The van der Waals surface area contributed by atoms with Gasteiger partial charge in [0.25, 0.3) is 0 Å². The first-order valence-electron chi connectivity index (χ1n) is 8.05. The second-order valence-electron chi connectivity index (χ2n) is 7.25. The summed E-state index contributed by atoms with van der Waals surface area (Å²) in [4.78, 5) is 0. The van der Waals surface area contributed by atoms with Crippen LogP contribution in [0.2, 0.25) is 0 Å². The highest BCUT2D eigenvalue weighted by atomic mass is 19.2. The van der Waals surface area contributed by atoms with E-state index in [1.54, 1.807) is 6.92 Å². The molecule has 140 valence electrons. The lowest BCUT2D eigenvalue weighted by Gasteiger charge is -2.36. The third-order valence-corrected chi connectivity index (χ3v) is 5.51. The molecule has 2 saturated heterocycles. The standard InChI is InChI=1S/C17H19F5O3/c1-7(2)17-5-4-16(3,25-17)15(14(17)23)24-6-8-9(18)11(20)13(22)12(21)10(8)19/h7,14-15,23H,4-6H2,1-3H3/t14-,15-,16+,17+/m1/s1. The van der Waals surface area contributed by atoms with Gasteiger partial charge in [-0.2, -0.15) is 0 Å². The lowest BCUT2D eigenvalue weighted by Crippen LogP contribution is -2.51. The van der Waals surface area contributed by atoms with Gasteiger partial charge < -0.3 is 14.6 Å². The van der Waals surface area contributed by atoms with Crippen LogP contribution in [-0.4, -0.2) is 28.5 Å². The van der Waals surface area contributed by atoms with E-state index in [2.05, 4.69) is 0 Å². The lowest BCUT2D eigenvalue weighted by molar-refractivity contribution is -0.0980. The molecule has 2 bridgehead atoms. The van der Waals surface area contributed by atoms with Crippen molar-refractivity contribution in [1.29, 1.82) is 0 Å². The Balaban J connectivity index is 1.86. The maximum atomic E-state index is 13.8. The predicted molar refractivity (Wildman–Crippen MR) is 77.1 cm³/mol. The second kappa shape index (κ2) is 5.89. The van der Waals surface area contributed by atoms with Gasteiger partial charge in [-0.05, 0) is 25.7 Å². The van der Waals surface area contributed by atoms with Crippen LogP contribution in [0.3, 0.4) is 0 Å². The molecule has 2 aliphatic heterocycles. The topological polar surface area (TPSA) is 38.7 Å². The highest BCUT2D eigenvalue weighted by Gasteiger charge is 2.66. The summed E-state index contributed by atoms with van der Waals surface area (Å²) in [6.07, 6.45) is -0.833. The van der Waals surface area contributed by atoms with Crippen LogP contribution in [0.15, 0.2) is 0 Å². The van der Waals surface area contributed by atoms with Crippen LogP contribution in [0.1, 0.15) is 39.2 Å². The molecule has 2 aliphatic rings. The summed E-state index contributed by atoms with van der Waals surface area (Å²) in [5.74, 6) is -10.2. The van der Waals surface area contributed by atoms with Gasteiger partial charge in [0.1, 0.15) is 12.2 Å². The van der Waals surface area contributed by atoms with Crippen LogP contribution in [0, 0.1) is 35.0 Å². The SMILES string of the molecule is CC(C)[C@]12CC[C@](C)(O1)[C@H](OCc1c(F)c(F)c(F)c(F)c1F)[C@H]2O. The van der Waals surface area contributed by atoms with Gasteiger partial charge in [-0.3, -0.25) is 0 Å². The van der Waals surface area contributed by atoms with E-state index >= 15 is 0 Å². The van der Waals surface area contributed by atoms with Crippen molar-refractivity contribution in [3.05, 3.63) is 34.6 Å². The van der Waals surface area contributed by atoms with Crippen LogP contribution >= 0.6 is 0 Å². The van der Waals surface area contributed by atoms with Crippen LogP contribution in [0.5, 0.6) is 0 Å². The quantitative estimate of drug-likeness (QED) is 0.503. The lowest BCUT2D eigenvalue weighted by atomic mass is 9.73. The number of ether oxygens (including phenoxy) is 2. The molecule has 0 amide bonds. The average Bonchev–Trinajstić information content (AvgIpc) is 3.03. The fourth-order valence-electron chi connectivity index (χ4n) is 3.94. The molecule has 8 heteroatoms. The van der Waals surface area contributed by atoms with Crippen LogP contribution in [0.4, 0.5) is 22.0 Å². The van der Waals surface area contributed by atoms with Gasteiger partial charge in [0.15, 0.2) is 23.3 Å². The highest BCUT2D eigenvalue weighted by molar-refractivity contribution is 5.24. The zero-order chi connectivity index (χ0) is 18.7. The molecule has 1 N–H and O–H groups in total. The van der Waals surface area contributed by atoms with Gasteiger partial charge in [-0.25, -0.2) is 22.0 Å². The smallest absolute Gasteiger partial charge is 0.200 e. The number of benzene rings is 1. The van der Waals surface area contributed by atoms with Gasteiger partial charge in [-0.1, -0.05) is 13.8 Å². The molecule has 0 unspecified atom stereocenters. The summed E-state index contributed by atoms with van der Waals surface area (Å²) in [6.45, 7) is 4.60. The van der Waals surface area contributed by atoms with Crippen molar-refractivity contribution in [2.75, 3.05) is 0 Å². The van der Waals surface area contributed by atoms with Crippen LogP contribution in [0.25, 0.3) is 0 Å². The Labute approximate surface area is 141 Å². The first kappa shape index (κ1) is 18.5. The van der Waals surface area contributed by atoms with Crippen molar-refractivity contribution in [1.82, 2.24) is 0 Å². The Kier molecular flexibility index (Phi) is 4.37. The zero-order valence-electron chi connectivity index (χ0n) is 14.0. The molecule has 1 aromatic carbocycles. The summed E-state index contributed by atoms with van der Waals surface area (Å²) in [6, 6.07) is 0. The number of hydrogen-bond acceptors (Lipinski definition) is 3. The van der Waals surface area contributed by atoms with Gasteiger partial charge in [-0.15, -0.1) is 0 Å². The van der Waals surface area contributed by atoms with Gasteiger partial charge in [0, 0.05) is 0 Å². The maximum Gasteiger partial charge on any atom is 0.200 e. The Bertz CT molecular complexity index is 681. The number of aliphatic hydroxyl groups excluding tert-OH is 1. The molecule has 2 heterocycles. The summed E-state index contributed by atoms with van der Waals surface area (Å²) >= 11 is 0. The average molecular weight is 366 g/mol. The zero-order valence-corrected chi connectivity index (χ0v) is 14.0. The van der Waals surface area contributed by atoms with E-state index in [1.807, 2.05) is 13.8 Å². The van der Waals surface area contributed by atoms with Crippen molar-refractivity contribution >= 4 is 0 Å². The van der Waals surface area contributed by atoms with Crippen LogP contribution < -0.4 is 0 Å². The van der Waals surface area contributed by atoms with Crippen molar-refractivity contribution in [3.63, 3.8) is 0 Å². The molecule has 1 aromatic rings. The first-order chi connectivity index (χ1) is 11.5. The Morgan fingerprint density at radius 2 is 1.56 bits per heavy atom. The van der Waals surface area contributed by atoms with Gasteiger partial charge in [0.2, 0.25) is 5.82 Å². The molecule has 0 aliphatic carbocycles. The molecule has 0 spiro atoms. The van der Waals surface area contributed by atoms with E-state index in [-0.39, 0.29) is 5.92 Å². The third-order valence-electron chi connectivity index (χ3n) is 5.51. The number of halogens is 5. The fourth-order valence-corrected chi connectivity index (χ4v) is 3.94. The van der Waals surface area contributed by atoms with E-state index in [9.17, 15) is 27.1 Å². The third kappa shape index (κ3) is 2.49. The number of rotatable bonds is 4. The molecular formula is C17H19F5O3. The monoisotopic (exact) mass is 366 g/mol. The van der Waals surface area contributed by atoms with E-state index in [0.717, 1.165) is 0 Å². The fraction of sp³-hybridized carbons (Fsp3) is 0.647. The number of fused-ring (bicyclic) bond motifs is 2. The molecular weight excluding hydrogens is 347 g/mol. The minimum absolute atomic E-state index is 0.0351. The summed E-state index contributed by atoms with van der Waals surface area (Å²) in [5, 5.41) is 10.6. The predicted octanol–water partition coefficient (Wildman–Crippen LogP) is 3.61.